The lowest BCUT2D eigenvalue weighted by Crippen LogP contribution is -2.17. The van der Waals surface area contributed by atoms with Crippen LogP contribution in [0.5, 0.6) is 0 Å². The fraction of sp³-hybridized carbons (Fsp3) is 0. The van der Waals surface area contributed by atoms with E-state index in [0.29, 0.717) is 0 Å². The molecule has 0 unspecified atom stereocenters. The van der Waals surface area contributed by atoms with E-state index in [9.17, 15) is 0 Å². The van der Waals surface area contributed by atoms with Crippen LogP contribution in [0.15, 0.2) is 237 Å². The normalized spacial score (nSPS) is 11.4. The van der Waals surface area contributed by atoms with Crippen LogP contribution in [0.1, 0.15) is 0 Å². The molecule has 0 spiro atoms. The number of aromatic nitrogens is 1. The van der Waals surface area contributed by atoms with Crippen molar-refractivity contribution in [1.82, 2.24) is 4.57 Å². The summed E-state index contributed by atoms with van der Waals surface area (Å²) in [5.74, 6) is 0. The van der Waals surface area contributed by atoms with E-state index >= 15 is 0 Å². The second-order valence-electron chi connectivity index (χ2n) is 15.0. The van der Waals surface area contributed by atoms with Crippen molar-refractivity contribution in [2.24, 2.45) is 0 Å². The van der Waals surface area contributed by atoms with Crippen molar-refractivity contribution < 1.29 is 0 Å². The average molecular weight is 754 g/mol. The Morgan fingerprint density at radius 3 is 1.61 bits per heavy atom. The molecule has 0 aliphatic heterocycles. The van der Waals surface area contributed by atoms with E-state index in [-0.39, 0.29) is 0 Å². The molecule has 11 rings (SSSR count). The van der Waals surface area contributed by atoms with Crippen LogP contribution in [-0.2, 0) is 0 Å². The number of anilines is 6. The van der Waals surface area contributed by atoms with E-state index < -0.39 is 0 Å². The Morgan fingerprint density at radius 1 is 0.271 bits per heavy atom. The van der Waals surface area contributed by atoms with E-state index in [0.717, 1.165) is 45.4 Å². The summed E-state index contributed by atoms with van der Waals surface area (Å²) in [6.45, 7) is 0. The molecule has 0 N–H and O–H groups in total. The first-order chi connectivity index (χ1) is 29.3. The molecule has 1 heterocycles. The van der Waals surface area contributed by atoms with Crippen molar-refractivity contribution in [3.8, 4) is 16.8 Å². The zero-order valence-electron chi connectivity index (χ0n) is 32.4. The van der Waals surface area contributed by atoms with Crippen LogP contribution in [0.25, 0.3) is 60.2 Å². The molecule has 0 aliphatic carbocycles. The third-order valence-corrected chi connectivity index (χ3v) is 11.5. The zero-order chi connectivity index (χ0) is 39.1. The minimum Gasteiger partial charge on any atom is -0.309 e. The van der Waals surface area contributed by atoms with Gasteiger partial charge in [0.15, 0.2) is 0 Å². The Morgan fingerprint density at radius 2 is 0.814 bits per heavy atom. The molecular formula is C56H39N3. The molecule has 3 nitrogen and oxygen atoms in total. The van der Waals surface area contributed by atoms with Crippen LogP contribution in [-0.4, -0.2) is 4.57 Å². The summed E-state index contributed by atoms with van der Waals surface area (Å²) in [5.41, 5.74) is 12.4. The molecule has 0 saturated heterocycles. The van der Waals surface area contributed by atoms with Gasteiger partial charge >= 0.3 is 0 Å². The number of fused-ring (bicyclic) bond motifs is 5. The second kappa shape index (κ2) is 14.6. The summed E-state index contributed by atoms with van der Waals surface area (Å²) in [6, 6.07) is 85.4. The van der Waals surface area contributed by atoms with Crippen LogP contribution in [0, 0.1) is 0 Å². The maximum Gasteiger partial charge on any atom is 0.0702 e. The molecule has 0 bridgehead atoms. The SMILES string of the molecule is c1ccc(N(c2ccc(-c3ccc4c5ccccc5n(-c5ccccc5)c4c3)cc2)c2ccccc2N(c2ccc3ccccc3c2)c2cccc3ccccc23)cc1. The third kappa shape index (κ3) is 6.08. The van der Waals surface area contributed by atoms with Gasteiger partial charge in [0.1, 0.15) is 0 Å². The lowest BCUT2D eigenvalue weighted by Gasteiger charge is -2.33. The number of hydrogen-bond donors (Lipinski definition) is 0. The van der Waals surface area contributed by atoms with Gasteiger partial charge in [-0.2, -0.15) is 0 Å². The highest BCUT2D eigenvalue weighted by atomic mass is 15.2. The van der Waals surface area contributed by atoms with Gasteiger partial charge < -0.3 is 14.4 Å². The molecule has 0 saturated carbocycles. The van der Waals surface area contributed by atoms with Crippen LogP contribution in [0.4, 0.5) is 34.1 Å². The van der Waals surface area contributed by atoms with Crippen molar-refractivity contribution in [2.75, 3.05) is 9.80 Å². The molecule has 0 amide bonds. The van der Waals surface area contributed by atoms with Crippen molar-refractivity contribution in [1.29, 1.82) is 0 Å². The molecule has 0 fully saturated rings. The average Bonchev–Trinajstić information content (AvgIpc) is 3.64. The van der Waals surface area contributed by atoms with Gasteiger partial charge in [-0.1, -0.05) is 158 Å². The zero-order valence-corrected chi connectivity index (χ0v) is 32.4. The molecule has 0 atom stereocenters. The van der Waals surface area contributed by atoms with E-state index in [1.807, 2.05) is 0 Å². The summed E-state index contributed by atoms with van der Waals surface area (Å²) in [6.07, 6.45) is 0. The van der Waals surface area contributed by atoms with Crippen LogP contribution >= 0.6 is 0 Å². The van der Waals surface area contributed by atoms with Gasteiger partial charge in [0.05, 0.1) is 28.1 Å². The molecule has 278 valence electrons. The van der Waals surface area contributed by atoms with Gasteiger partial charge in [0.2, 0.25) is 0 Å². The highest BCUT2D eigenvalue weighted by Crippen LogP contribution is 2.48. The number of rotatable bonds is 8. The summed E-state index contributed by atoms with van der Waals surface area (Å²) >= 11 is 0. The fourth-order valence-corrected chi connectivity index (χ4v) is 8.78. The Bertz CT molecular complexity index is 3270. The lowest BCUT2D eigenvalue weighted by molar-refractivity contribution is 1.18. The molecule has 1 aromatic heterocycles. The summed E-state index contributed by atoms with van der Waals surface area (Å²) in [5, 5.41) is 7.31. The van der Waals surface area contributed by atoms with Gasteiger partial charge in [-0.15, -0.1) is 0 Å². The van der Waals surface area contributed by atoms with E-state index in [2.05, 4.69) is 251 Å². The third-order valence-electron chi connectivity index (χ3n) is 11.5. The number of nitrogens with zero attached hydrogens (tertiary/aromatic N) is 3. The second-order valence-corrected chi connectivity index (χ2v) is 15.0. The molecule has 59 heavy (non-hydrogen) atoms. The number of benzene rings is 10. The first-order valence-corrected chi connectivity index (χ1v) is 20.2. The molecule has 11 aromatic rings. The Hall–Kier alpha value is -7.88. The molecular weight excluding hydrogens is 715 g/mol. The highest BCUT2D eigenvalue weighted by molar-refractivity contribution is 6.10. The number of hydrogen-bond acceptors (Lipinski definition) is 2. The molecule has 0 aliphatic rings. The van der Waals surface area contributed by atoms with Crippen LogP contribution in [0.2, 0.25) is 0 Å². The summed E-state index contributed by atoms with van der Waals surface area (Å²) in [7, 11) is 0. The first kappa shape index (κ1) is 34.4. The smallest absolute Gasteiger partial charge is 0.0702 e. The van der Waals surface area contributed by atoms with Crippen LogP contribution < -0.4 is 9.80 Å². The highest BCUT2D eigenvalue weighted by Gasteiger charge is 2.23. The Labute approximate surface area is 343 Å². The van der Waals surface area contributed by atoms with Crippen molar-refractivity contribution in [2.45, 2.75) is 0 Å². The standard InChI is InChI=1S/C56H39N3/c1-3-20-45(21-4-1)57(47-34-30-41(31-35-47)44-33-37-51-50-25-11-12-26-53(50)58(56(51)39-44)46-22-5-2-6-23-46)54-27-13-14-28-55(54)59(48-36-32-40-16-7-8-18-43(40)38-48)52-29-15-19-42-17-9-10-24-49(42)52/h1-39H. The molecule has 3 heteroatoms. The fourth-order valence-electron chi connectivity index (χ4n) is 8.78. The topological polar surface area (TPSA) is 11.4 Å². The lowest BCUT2D eigenvalue weighted by atomic mass is 10.0. The van der Waals surface area contributed by atoms with Crippen molar-refractivity contribution >= 4 is 77.5 Å². The summed E-state index contributed by atoms with van der Waals surface area (Å²) in [4.78, 5) is 4.81. The van der Waals surface area contributed by atoms with Gasteiger partial charge in [-0.05, 0) is 106 Å². The molecule has 10 aromatic carbocycles. The summed E-state index contributed by atoms with van der Waals surface area (Å²) < 4.78 is 2.38. The van der Waals surface area contributed by atoms with Crippen molar-refractivity contribution in [3.63, 3.8) is 0 Å². The van der Waals surface area contributed by atoms with Gasteiger partial charge in [-0.3, -0.25) is 0 Å². The quantitative estimate of drug-likeness (QED) is 0.153. The minimum absolute atomic E-state index is 1.07. The van der Waals surface area contributed by atoms with Gasteiger partial charge in [0, 0.05) is 38.9 Å². The minimum atomic E-state index is 1.07. The van der Waals surface area contributed by atoms with Gasteiger partial charge in [-0.25, -0.2) is 0 Å². The maximum absolute atomic E-state index is 2.43. The van der Waals surface area contributed by atoms with Gasteiger partial charge in [0.25, 0.3) is 0 Å². The Balaban J connectivity index is 1.07. The Kier molecular flexibility index (Phi) is 8.49. The van der Waals surface area contributed by atoms with E-state index in [4.69, 9.17) is 0 Å². The van der Waals surface area contributed by atoms with E-state index in [1.165, 1.54) is 48.9 Å². The molecule has 0 radical (unpaired) electrons. The van der Waals surface area contributed by atoms with Crippen molar-refractivity contribution in [3.05, 3.63) is 237 Å². The van der Waals surface area contributed by atoms with E-state index in [1.54, 1.807) is 0 Å². The maximum atomic E-state index is 2.43. The largest absolute Gasteiger partial charge is 0.309 e. The predicted molar refractivity (Wildman–Crippen MR) is 251 cm³/mol. The first-order valence-electron chi connectivity index (χ1n) is 20.2. The monoisotopic (exact) mass is 753 g/mol. The number of para-hydroxylation sites is 5. The predicted octanol–water partition coefficient (Wildman–Crippen LogP) is 15.7. The van der Waals surface area contributed by atoms with Crippen LogP contribution in [0.3, 0.4) is 0 Å².